The summed E-state index contributed by atoms with van der Waals surface area (Å²) < 4.78 is 7.60. The van der Waals surface area contributed by atoms with Crippen LogP contribution in [0.4, 0.5) is 17.2 Å². The van der Waals surface area contributed by atoms with E-state index >= 15 is 0 Å². The Bertz CT molecular complexity index is 1630. The molecule has 0 saturated carbocycles. The topological polar surface area (TPSA) is 126 Å². The number of nitrogens with one attached hydrogen (secondary N) is 2. The summed E-state index contributed by atoms with van der Waals surface area (Å²) in [5.41, 5.74) is 3.17. The summed E-state index contributed by atoms with van der Waals surface area (Å²) in [6.45, 7) is 1.75. The van der Waals surface area contributed by atoms with Gasteiger partial charge in [-0.2, -0.15) is 0 Å². The SMILES string of the molecule is Cn1cc(-c2cccc(NC(=O)c3ccc(Br)cc3)c2CO)cc(Nc2ccc(C(=O)N3CCOCC3)cn2)c1=O. The van der Waals surface area contributed by atoms with Crippen LogP contribution in [-0.2, 0) is 18.4 Å². The molecule has 3 heterocycles. The van der Waals surface area contributed by atoms with Gasteiger partial charge in [-0.25, -0.2) is 4.98 Å². The number of aliphatic hydroxyl groups excluding tert-OH is 1. The normalized spacial score (nSPS) is 13.1. The average Bonchev–Trinajstić information content (AvgIpc) is 3.00. The molecule has 0 spiro atoms. The number of aryl methyl sites for hydroxylation is 1. The molecule has 0 aliphatic carbocycles. The van der Waals surface area contributed by atoms with Crippen molar-refractivity contribution in [2.24, 2.45) is 7.05 Å². The number of amides is 2. The number of morpholine rings is 1. The Balaban J connectivity index is 1.40. The molecule has 11 heteroatoms. The van der Waals surface area contributed by atoms with Crippen LogP contribution in [0.2, 0.25) is 0 Å². The van der Waals surface area contributed by atoms with Gasteiger partial charge in [-0.1, -0.05) is 28.1 Å². The molecular formula is C30H28BrN5O5. The standard InChI is InChI=1S/C30H28BrN5O5/c1-35-17-21(23-3-2-4-25(24(23)18-37)34-28(38)19-5-8-22(31)9-6-19)15-26(30(35)40)33-27-10-7-20(16-32-27)29(39)36-11-13-41-14-12-36/h2-10,15-17,37H,11-14,18H2,1H3,(H,32,33)(H,34,38). The Hall–Kier alpha value is -4.32. The molecule has 2 aromatic carbocycles. The third-order valence-corrected chi connectivity index (χ3v) is 7.28. The van der Waals surface area contributed by atoms with Crippen molar-refractivity contribution in [2.75, 3.05) is 36.9 Å². The number of hydrogen-bond donors (Lipinski definition) is 3. The largest absolute Gasteiger partial charge is 0.392 e. The Kier molecular flexibility index (Phi) is 8.58. The van der Waals surface area contributed by atoms with Crippen molar-refractivity contribution in [1.82, 2.24) is 14.5 Å². The first-order valence-corrected chi connectivity index (χ1v) is 13.7. The molecule has 4 aromatic rings. The van der Waals surface area contributed by atoms with Gasteiger partial charge in [0.1, 0.15) is 11.5 Å². The van der Waals surface area contributed by atoms with E-state index in [4.69, 9.17) is 4.74 Å². The summed E-state index contributed by atoms with van der Waals surface area (Å²) in [7, 11) is 1.63. The lowest BCUT2D eigenvalue weighted by Gasteiger charge is -2.26. The van der Waals surface area contributed by atoms with Gasteiger partial charge < -0.3 is 29.9 Å². The smallest absolute Gasteiger partial charge is 0.274 e. The molecule has 5 rings (SSSR count). The van der Waals surface area contributed by atoms with Crippen LogP contribution in [0.3, 0.4) is 0 Å². The number of ether oxygens (including phenoxy) is 1. The van der Waals surface area contributed by atoms with Crippen molar-refractivity contribution in [2.45, 2.75) is 6.61 Å². The highest BCUT2D eigenvalue weighted by atomic mass is 79.9. The first-order valence-electron chi connectivity index (χ1n) is 12.9. The van der Waals surface area contributed by atoms with Crippen LogP contribution in [-0.4, -0.2) is 57.7 Å². The molecule has 0 atom stereocenters. The van der Waals surface area contributed by atoms with Gasteiger partial charge in [0.05, 0.1) is 25.4 Å². The Labute approximate surface area is 244 Å². The molecule has 2 amide bonds. The fourth-order valence-corrected chi connectivity index (χ4v) is 4.83. The minimum atomic E-state index is -0.335. The third-order valence-electron chi connectivity index (χ3n) is 6.75. The van der Waals surface area contributed by atoms with Crippen LogP contribution in [0.25, 0.3) is 11.1 Å². The van der Waals surface area contributed by atoms with E-state index in [1.807, 2.05) is 6.07 Å². The van der Waals surface area contributed by atoms with Gasteiger partial charge in [-0.3, -0.25) is 14.4 Å². The number of pyridine rings is 2. The molecule has 1 aliphatic rings. The van der Waals surface area contributed by atoms with Crippen LogP contribution >= 0.6 is 15.9 Å². The van der Waals surface area contributed by atoms with Crippen molar-refractivity contribution >= 4 is 44.9 Å². The second-order valence-corrected chi connectivity index (χ2v) is 10.4. The summed E-state index contributed by atoms with van der Waals surface area (Å²) in [5.74, 6) is -0.0293. The minimum Gasteiger partial charge on any atom is -0.392 e. The summed E-state index contributed by atoms with van der Waals surface area (Å²) in [6, 6.07) is 17.3. The predicted molar refractivity (Wildman–Crippen MR) is 159 cm³/mol. The number of aliphatic hydroxyl groups is 1. The number of halogens is 1. The number of carbonyl (C=O) groups excluding carboxylic acids is 2. The van der Waals surface area contributed by atoms with Gasteiger partial charge in [-0.05, 0) is 54.1 Å². The summed E-state index contributed by atoms with van der Waals surface area (Å²) >= 11 is 3.36. The lowest BCUT2D eigenvalue weighted by Crippen LogP contribution is -2.40. The highest BCUT2D eigenvalue weighted by Gasteiger charge is 2.19. The highest BCUT2D eigenvalue weighted by molar-refractivity contribution is 9.10. The van der Waals surface area contributed by atoms with Gasteiger partial charge in [-0.15, -0.1) is 0 Å². The molecule has 41 heavy (non-hydrogen) atoms. The van der Waals surface area contributed by atoms with E-state index in [2.05, 4.69) is 31.5 Å². The van der Waals surface area contributed by atoms with Crippen molar-refractivity contribution in [3.05, 3.63) is 105 Å². The zero-order valence-corrected chi connectivity index (χ0v) is 23.8. The number of anilines is 3. The van der Waals surface area contributed by atoms with E-state index in [1.54, 1.807) is 72.7 Å². The molecule has 10 nitrogen and oxygen atoms in total. The highest BCUT2D eigenvalue weighted by Crippen LogP contribution is 2.31. The first kappa shape index (κ1) is 28.2. The van der Waals surface area contributed by atoms with Gasteiger partial charge >= 0.3 is 0 Å². The lowest BCUT2D eigenvalue weighted by atomic mass is 9.99. The summed E-state index contributed by atoms with van der Waals surface area (Å²) in [6.07, 6.45) is 3.15. The number of carbonyl (C=O) groups is 2. The maximum Gasteiger partial charge on any atom is 0.274 e. The minimum absolute atomic E-state index is 0.117. The van der Waals surface area contributed by atoms with Gasteiger partial charge in [0, 0.05) is 59.4 Å². The van der Waals surface area contributed by atoms with Gasteiger partial charge in [0.15, 0.2) is 0 Å². The van der Waals surface area contributed by atoms with Crippen LogP contribution in [0, 0.1) is 0 Å². The molecule has 2 aromatic heterocycles. The second kappa shape index (κ2) is 12.5. The zero-order valence-electron chi connectivity index (χ0n) is 22.3. The van der Waals surface area contributed by atoms with E-state index in [9.17, 15) is 19.5 Å². The number of nitrogens with zero attached hydrogens (tertiary/aromatic N) is 3. The molecule has 3 N–H and O–H groups in total. The fraction of sp³-hybridized carbons (Fsp3) is 0.200. The average molecular weight is 618 g/mol. The Morgan fingerprint density at radius 1 is 1.02 bits per heavy atom. The molecule has 0 bridgehead atoms. The van der Waals surface area contributed by atoms with E-state index in [0.29, 0.717) is 65.6 Å². The van der Waals surface area contributed by atoms with Crippen molar-refractivity contribution in [1.29, 1.82) is 0 Å². The molecular weight excluding hydrogens is 590 g/mol. The quantitative estimate of drug-likeness (QED) is 0.284. The Morgan fingerprint density at radius 3 is 2.44 bits per heavy atom. The van der Waals surface area contributed by atoms with E-state index < -0.39 is 0 Å². The Morgan fingerprint density at radius 2 is 1.76 bits per heavy atom. The van der Waals surface area contributed by atoms with Crippen molar-refractivity contribution in [3.8, 4) is 11.1 Å². The van der Waals surface area contributed by atoms with Crippen LogP contribution in [0.15, 0.2) is 82.3 Å². The maximum absolute atomic E-state index is 13.0. The number of hydrogen-bond acceptors (Lipinski definition) is 7. The molecule has 0 unspecified atom stereocenters. The van der Waals surface area contributed by atoms with Gasteiger partial charge in [0.2, 0.25) is 0 Å². The van der Waals surface area contributed by atoms with Crippen LogP contribution in [0.5, 0.6) is 0 Å². The summed E-state index contributed by atoms with van der Waals surface area (Å²) in [4.78, 5) is 44.6. The van der Waals surface area contributed by atoms with Crippen LogP contribution in [0.1, 0.15) is 26.3 Å². The number of benzene rings is 2. The molecule has 1 saturated heterocycles. The monoisotopic (exact) mass is 617 g/mol. The molecule has 0 radical (unpaired) electrons. The lowest BCUT2D eigenvalue weighted by molar-refractivity contribution is 0.0302. The fourth-order valence-electron chi connectivity index (χ4n) is 4.57. The van der Waals surface area contributed by atoms with Crippen molar-refractivity contribution in [3.63, 3.8) is 0 Å². The molecule has 1 aliphatic heterocycles. The van der Waals surface area contributed by atoms with E-state index in [-0.39, 0.29) is 29.7 Å². The molecule has 1 fully saturated rings. The zero-order chi connectivity index (χ0) is 28.9. The first-order chi connectivity index (χ1) is 19.8. The second-order valence-electron chi connectivity index (χ2n) is 9.47. The summed E-state index contributed by atoms with van der Waals surface area (Å²) in [5, 5.41) is 16.2. The third kappa shape index (κ3) is 6.37. The number of rotatable bonds is 7. The van der Waals surface area contributed by atoms with Crippen molar-refractivity contribution < 1.29 is 19.4 Å². The van der Waals surface area contributed by atoms with E-state index in [1.165, 1.54) is 10.8 Å². The maximum atomic E-state index is 13.0. The predicted octanol–water partition coefficient (Wildman–Crippen LogP) is 4.17. The molecule has 210 valence electrons. The van der Waals surface area contributed by atoms with Gasteiger partial charge in [0.25, 0.3) is 17.4 Å². The van der Waals surface area contributed by atoms with Crippen LogP contribution < -0.4 is 16.2 Å². The van der Waals surface area contributed by atoms with E-state index in [0.717, 1.165) is 4.47 Å². The number of aromatic nitrogens is 2.